The van der Waals surface area contributed by atoms with Crippen molar-refractivity contribution in [3.05, 3.63) is 23.9 Å². The van der Waals surface area contributed by atoms with E-state index in [4.69, 9.17) is 9.90 Å². The third kappa shape index (κ3) is 5.58. The number of hydrogen-bond donors (Lipinski definition) is 2. The summed E-state index contributed by atoms with van der Waals surface area (Å²) in [5, 5.41) is 10.4. The molecule has 10 heteroatoms. The van der Waals surface area contributed by atoms with E-state index < -0.39 is 12.1 Å². The molecule has 1 amide bonds. The van der Waals surface area contributed by atoms with Gasteiger partial charge in [-0.3, -0.25) is 4.79 Å². The van der Waals surface area contributed by atoms with Crippen LogP contribution in [0.25, 0.3) is 0 Å². The van der Waals surface area contributed by atoms with Crippen LogP contribution in [-0.4, -0.2) is 72.3 Å². The van der Waals surface area contributed by atoms with Gasteiger partial charge < -0.3 is 20.2 Å². The number of hydrogen-bond acceptors (Lipinski definition) is 5. The Hall–Kier alpha value is -2.36. The number of halogens is 3. The smallest absolute Gasteiger partial charge is 0.475 e. The highest BCUT2D eigenvalue weighted by atomic mass is 19.4. The monoisotopic (exact) mass is 374 g/mol. The Kier molecular flexibility index (Phi) is 6.78. The molecule has 1 aromatic heterocycles. The molecule has 3 heterocycles. The standard InChI is InChI=1S/C14H20N4O.C2HF3O2/c19-14(18-7-1-2-8-18)12-3-4-13(16-11-12)17-9-5-15-6-10-17;3-2(4,5)1(6)7/h3-4,11,15H,1-2,5-10H2;(H,6,7). The van der Waals surface area contributed by atoms with Gasteiger partial charge in [0, 0.05) is 45.5 Å². The van der Waals surface area contributed by atoms with Crippen LogP contribution in [-0.2, 0) is 4.79 Å². The number of alkyl halides is 3. The average Bonchev–Trinajstić information content (AvgIpc) is 3.16. The number of carboxylic acids is 1. The Bertz CT molecular complexity index is 610. The van der Waals surface area contributed by atoms with E-state index in [0.717, 1.165) is 57.9 Å². The maximum absolute atomic E-state index is 12.2. The number of aliphatic carboxylic acids is 1. The average molecular weight is 374 g/mol. The predicted molar refractivity (Wildman–Crippen MR) is 88.1 cm³/mol. The van der Waals surface area contributed by atoms with E-state index >= 15 is 0 Å². The van der Waals surface area contributed by atoms with E-state index in [0.29, 0.717) is 5.56 Å². The third-order valence-corrected chi connectivity index (χ3v) is 4.07. The normalized spacial score (nSPS) is 17.5. The molecule has 26 heavy (non-hydrogen) atoms. The number of piperazine rings is 1. The first-order valence-electron chi connectivity index (χ1n) is 8.30. The van der Waals surface area contributed by atoms with Gasteiger partial charge in [0.1, 0.15) is 5.82 Å². The second-order valence-corrected chi connectivity index (χ2v) is 5.94. The van der Waals surface area contributed by atoms with Crippen molar-refractivity contribution < 1.29 is 27.9 Å². The molecule has 2 saturated heterocycles. The zero-order chi connectivity index (χ0) is 19.2. The van der Waals surface area contributed by atoms with Gasteiger partial charge in [0.05, 0.1) is 5.56 Å². The molecule has 144 valence electrons. The molecule has 2 aliphatic heterocycles. The fourth-order valence-corrected chi connectivity index (χ4v) is 2.70. The molecule has 2 aliphatic rings. The van der Waals surface area contributed by atoms with E-state index in [1.807, 2.05) is 17.0 Å². The molecule has 1 aromatic rings. The molecule has 0 spiro atoms. The molecule has 0 unspecified atom stereocenters. The van der Waals surface area contributed by atoms with Crippen LogP contribution in [0, 0.1) is 0 Å². The van der Waals surface area contributed by atoms with Gasteiger partial charge in [0.25, 0.3) is 5.91 Å². The molecule has 0 bridgehead atoms. The summed E-state index contributed by atoms with van der Waals surface area (Å²) >= 11 is 0. The first-order valence-corrected chi connectivity index (χ1v) is 8.30. The lowest BCUT2D eigenvalue weighted by Crippen LogP contribution is -2.43. The highest BCUT2D eigenvalue weighted by molar-refractivity contribution is 5.94. The molecule has 0 aromatic carbocycles. The number of likely N-dealkylation sites (tertiary alicyclic amines) is 1. The Morgan fingerprint density at radius 3 is 2.12 bits per heavy atom. The lowest BCUT2D eigenvalue weighted by atomic mass is 10.2. The van der Waals surface area contributed by atoms with E-state index in [1.165, 1.54) is 0 Å². The summed E-state index contributed by atoms with van der Waals surface area (Å²) in [6, 6.07) is 3.87. The van der Waals surface area contributed by atoms with Crippen LogP contribution in [0.2, 0.25) is 0 Å². The second kappa shape index (κ2) is 8.84. The molecule has 0 saturated carbocycles. The molecule has 7 nitrogen and oxygen atoms in total. The van der Waals surface area contributed by atoms with Crippen LogP contribution in [0.5, 0.6) is 0 Å². The molecule has 3 rings (SSSR count). The van der Waals surface area contributed by atoms with Crippen LogP contribution in [0.1, 0.15) is 23.2 Å². The lowest BCUT2D eigenvalue weighted by Gasteiger charge is -2.28. The summed E-state index contributed by atoms with van der Waals surface area (Å²) in [5.41, 5.74) is 0.709. The summed E-state index contributed by atoms with van der Waals surface area (Å²) in [4.78, 5) is 29.7. The van der Waals surface area contributed by atoms with Gasteiger partial charge in [-0.25, -0.2) is 9.78 Å². The number of carboxylic acid groups (broad SMARTS) is 1. The fraction of sp³-hybridized carbons (Fsp3) is 0.562. The van der Waals surface area contributed by atoms with Gasteiger partial charge in [-0.05, 0) is 25.0 Å². The number of rotatable bonds is 2. The van der Waals surface area contributed by atoms with Crippen molar-refractivity contribution in [3.8, 4) is 0 Å². The molecular formula is C16H21F3N4O3. The molecule has 0 aliphatic carbocycles. The molecule has 2 N–H and O–H groups in total. The van der Waals surface area contributed by atoms with Gasteiger partial charge >= 0.3 is 12.1 Å². The Labute approximate surface area is 148 Å². The second-order valence-electron chi connectivity index (χ2n) is 5.94. The summed E-state index contributed by atoms with van der Waals surface area (Å²) in [6.07, 6.45) is -1.12. The summed E-state index contributed by atoms with van der Waals surface area (Å²) in [7, 11) is 0. The number of aromatic nitrogens is 1. The lowest BCUT2D eigenvalue weighted by molar-refractivity contribution is -0.192. The van der Waals surface area contributed by atoms with Crippen molar-refractivity contribution in [2.24, 2.45) is 0 Å². The van der Waals surface area contributed by atoms with Crippen molar-refractivity contribution in [1.29, 1.82) is 0 Å². The van der Waals surface area contributed by atoms with Gasteiger partial charge in [-0.15, -0.1) is 0 Å². The minimum atomic E-state index is -5.08. The minimum absolute atomic E-state index is 0.122. The number of amides is 1. The van der Waals surface area contributed by atoms with Crippen LogP contribution >= 0.6 is 0 Å². The largest absolute Gasteiger partial charge is 0.490 e. The highest BCUT2D eigenvalue weighted by Gasteiger charge is 2.38. The van der Waals surface area contributed by atoms with Crippen LogP contribution < -0.4 is 10.2 Å². The van der Waals surface area contributed by atoms with Gasteiger partial charge in [0.2, 0.25) is 0 Å². The van der Waals surface area contributed by atoms with Crippen LogP contribution in [0.4, 0.5) is 19.0 Å². The predicted octanol–water partition coefficient (Wildman–Crippen LogP) is 1.36. The van der Waals surface area contributed by atoms with E-state index in [-0.39, 0.29) is 5.91 Å². The maximum Gasteiger partial charge on any atom is 0.490 e. The Morgan fingerprint density at radius 1 is 1.08 bits per heavy atom. The fourth-order valence-electron chi connectivity index (χ4n) is 2.70. The van der Waals surface area contributed by atoms with Crippen molar-refractivity contribution >= 4 is 17.7 Å². The number of pyridine rings is 1. The summed E-state index contributed by atoms with van der Waals surface area (Å²) < 4.78 is 31.7. The number of nitrogens with one attached hydrogen (secondary N) is 1. The van der Waals surface area contributed by atoms with E-state index in [1.54, 1.807) is 6.20 Å². The quantitative estimate of drug-likeness (QED) is 0.813. The number of anilines is 1. The van der Waals surface area contributed by atoms with Gasteiger partial charge in [0.15, 0.2) is 0 Å². The van der Waals surface area contributed by atoms with E-state index in [9.17, 15) is 18.0 Å². The number of carbonyl (C=O) groups excluding carboxylic acids is 1. The zero-order valence-corrected chi connectivity index (χ0v) is 14.1. The van der Waals surface area contributed by atoms with Crippen LogP contribution in [0.3, 0.4) is 0 Å². The first kappa shape index (κ1) is 20.0. The topological polar surface area (TPSA) is 85.8 Å². The maximum atomic E-state index is 12.2. The zero-order valence-electron chi connectivity index (χ0n) is 14.1. The first-order chi connectivity index (χ1) is 12.3. The molecule has 0 radical (unpaired) electrons. The molecule has 0 atom stereocenters. The SMILES string of the molecule is O=C(O)C(F)(F)F.O=C(c1ccc(N2CCNCC2)nc1)N1CCCC1. The Balaban J connectivity index is 0.000000298. The van der Waals surface area contributed by atoms with Gasteiger partial charge in [-0.2, -0.15) is 13.2 Å². The minimum Gasteiger partial charge on any atom is -0.475 e. The number of carbonyl (C=O) groups is 2. The van der Waals surface area contributed by atoms with Crippen LogP contribution in [0.15, 0.2) is 18.3 Å². The molecule has 2 fully saturated rings. The van der Waals surface area contributed by atoms with E-state index in [2.05, 4.69) is 15.2 Å². The highest BCUT2D eigenvalue weighted by Crippen LogP contribution is 2.16. The Morgan fingerprint density at radius 2 is 1.65 bits per heavy atom. The van der Waals surface area contributed by atoms with Crippen molar-refractivity contribution in [2.75, 3.05) is 44.2 Å². The number of nitrogens with zero attached hydrogens (tertiary/aromatic N) is 3. The summed E-state index contributed by atoms with van der Waals surface area (Å²) in [6.45, 7) is 5.72. The van der Waals surface area contributed by atoms with Gasteiger partial charge in [-0.1, -0.05) is 0 Å². The summed E-state index contributed by atoms with van der Waals surface area (Å²) in [5.74, 6) is -1.66. The molecular weight excluding hydrogens is 353 g/mol. The van der Waals surface area contributed by atoms with Crippen molar-refractivity contribution in [3.63, 3.8) is 0 Å². The third-order valence-electron chi connectivity index (χ3n) is 4.07. The van der Waals surface area contributed by atoms with Crippen molar-refractivity contribution in [2.45, 2.75) is 19.0 Å². The van der Waals surface area contributed by atoms with Crippen molar-refractivity contribution in [1.82, 2.24) is 15.2 Å².